The topological polar surface area (TPSA) is 17.0 Å². The number of hydrogen-bond acceptors (Lipinski definition) is 2. The molecule has 0 unspecified atom stereocenters. The van der Waals surface area contributed by atoms with Crippen LogP contribution in [0.4, 0.5) is 0 Å². The van der Waals surface area contributed by atoms with E-state index in [1.54, 1.807) is 11.3 Å². The van der Waals surface area contributed by atoms with Gasteiger partial charge in [-0.05, 0) is 24.6 Å². The summed E-state index contributed by atoms with van der Waals surface area (Å²) in [5.74, 6) is 1.22. The van der Waals surface area contributed by atoms with Crippen molar-refractivity contribution in [2.24, 2.45) is 0 Å². The Labute approximate surface area is 105 Å². The summed E-state index contributed by atoms with van der Waals surface area (Å²) in [5.41, 5.74) is 4.71. The summed E-state index contributed by atoms with van der Waals surface area (Å²) in [7, 11) is 0. The predicted molar refractivity (Wildman–Crippen MR) is 72.9 cm³/mol. The summed E-state index contributed by atoms with van der Waals surface area (Å²) in [6, 6.07) is 6.81. The van der Waals surface area contributed by atoms with Crippen LogP contribution in [0, 0.1) is 0 Å². The van der Waals surface area contributed by atoms with E-state index in [0.717, 1.165) is 13.1 Å². The minimum Gasteiger partial charge on any atom is -0.343 e. The second-order valence-electron chi connectivity index (χ2n) is 4.83. The van der Waals surface area contributed by atoms with Crippen molar-refractivity contribution in [1.29, 1.82) is 0 Å². The van der Waals surface area contributed by atoms with E-state index in [1.165, 1.54) is 40.9 Å². The number of benzene rings is 1. The number of nitrogens with zero attached hydrogens (tertiary/aromatic N) is 1. The minimum atomic E-state index is 1.13. The molecule has 2 aliphatic rings. The molecule has 0 amide bonds. The Hall–Kier alpha value is -0.930. The van der Waals surface area contributed by atoms with E-state index in [2.05, 4.69) is 28.1 Å². The molecule has 0 aliphatic carbocycles. The maximum Gasteiger partial charge on any atom is 0.0623 e. The Morgan fingerprint density at radius 2 is 2.12 bits per heavy atom. The molecule has 0 saturated carbocycles. The lowest BCUT2D eigenvalue weighted by Crippen LogP contribution is -2.17. The zero-order chi connectivity index (χ0) is 11.2. The maximum absolute atomic E-state index is 3.51. The standard InChI is InChI=1S/C14H16N2S/c1-2-11-10-4-6-15-7-5-12(10)16-8-9-17-13(3-1)14(11)16/h1-3,15H,4-9H2. The molecule has 17 heavy (non-hydrogen) atoms. The van der Waals surface area contributed by atoms with Crippen LogP contribution in [0.5, 0.6) is 0 Å². The Bertz CT molecular complexity index is 585. The van der Waals surface area contributed by atoms with Crippen LogP contribution in [-0.2, 0) is 19.4 Å². The van der Waals surface area contributed by atoms with E-state index in [1.807, 2.05) is 11.8 Å². The van der Waals surface area contributed by atoms with Gasteiger partial charge in [0.05, 0.1) is 5.52 Å². The number of hydrogen-bond donors (Lipinski definition) is 1. The second-order valence-corrected chi connectivity index (χ2v) is 5.96. The molecule has 0 saturated heterocycles. The number of rotatable bonds is 0. The number of aromatic nitrogens is 1. The van der Waals surface area contributed by atoms with Crippen LogP contribution in [0.15, 0.2) is 23.1 Å². The number of thioether (sulfide) groups is 1. The average Bonchev–Trinajstić information content (AvgIpc) is 2.55. The Morgan fingerprint density at radius 3 is 3.12 bits per heavy atom. The molecular weight excluding hydrogens is 228 g/mol. The first-order valence-corrected chi connectivity index (χ1v) is 7.40. The van der Waals surface area contributed by atoms with Crippen LogP contribution in [0.2, 0.25) is 0 Å². The molecular formula is C14H16N2S. The van der Waals surface area contributed by atoms with Gasteiger partial charge in [0.15, 0.2) is 0 Å². The van der Waals surface area contributed by atoms with Gasteiger partial charge in [0.25, 0.3) is 0 Å². The van der Waals surface area contributed by atoms with E-state index in [-0.39, 0.29) is 0 Å². The fourth-order valence-corrected chi connectivity index (χ4v) is 4.24. The van der Waals surface area contributed by atoms with Crippen molar-refractivity contribution < 1.29 is 0 Å². The third-order valence-corrected chi connectivity index (χ3v) is 4.96. The number of para-hydroxylation sites is 1. The van der Waals surface area contributed by atoms with Crippen LogP contribution >= 0.6 is 11.8 Å². The Balaban J connectivity index is 2.09. The average molecular weight is 244 g/mol. The molecule has 0 fully saturated rings. The lowest BCUT2D eigenvalue weighted by atomic mass is 10.1. The molecule has 1 N–H and O–H groups in total. The quantitative estimate of drug-likeness (QED) is 0.766. The summed E-state index contributed by atoms with van der Waals surface area (Å²) in [6.07, 6.45) is 2.38. The van der Waals surface area contributed by atoms with E-state index < -0.39 is 0 Å². The normalized spacial score (nSPS) is 19.1. The lowest BCUT2D eigenvalue weighted by Gasteiger charge is -2.17. The van der Waals surface area contributed by atoms with Gasteiger partial charge < -0.3 is 9.88 Å². The zero-order valence-electron chi connectivity index (χ0n) is 9.83. The van der Waals surface area contributed by atoms with Crippen LogP contribution in [-0.4, -0.2) is 23.4 Å². The van der Waals surface area contributed by atoms with Gasteiger partial charge in [-0.15, -0.1) is 11.8 Å². The minimum absolute atomic E-state index is 1.13. The molecule has 0 bridgehead atoms. The van der Waals surface area contributed by atoms with Gasteiger partial charge in [-0.2, -0.15) is 0 Å². The third kappa shape index (κ3) is 1.39. The smallest absolute Gasteiger partial charge is 0.0623 e. The number of aryl methyl sites for hydroxylation is 1. The van der Waals surface area contributed by atoms with Gasteiger partial charge in [0, 0.05) is 41.2 Å². The molecule has 88 valence electrons. The van der Waals surface area contributed by atoms with E-state index in [0.29, 0.717) is 0 Å². The summed E-state index contributed by atoms with van der Waals surface area (Å²) in [6.45, 7) is 3.45. The van der Waals surface area contributed by atoms with Crippen molar-refractivity contribution in [3.8, 4) is 0 Å². The maximum atomic E-state index is 3.51. The fourth-order valence-electron chi connectivity index (χ4n) is 3.22. The molecule has 0 radical (unpaired) electrons. The first-order chi connectivity index (χ1) is 8.45. The van der Waals surface area contributed by atoms with Crippen molar-refractivity contribution in [3.05, 3.63) is 29.5 Å². The second kappa shape index (κ2) is 3.79. The monoisotopic (exact) mass is 244 g/mol. The van der Waals surface area contributed by atoms with Gasteiger partial charge in [-0.1, -0.05) is 12.1 Å². The molecule has 2 aliphatic heterocycles. The Morgan fingerprint density at radius 1 is 1.18 bits per heavy atom. The first-order valence-electron chi connectivity index (χ1n) is 6.41. The number of nitrogens with one attached hydrogen (secondary N) is 1. The first kappa shape index (κ1) is 10.0. The molecule has 3 heteroatoms. The van der Waals surface area contributed by atoms with Crippen LogP contribution in [0.25, 0.3) is 10.9 Å². The summed E-state index contributed by atoms with van der Waals surface area (Å²) >= 11 is 2.01. The van der Waals surface area contributed by atoms with Crippen LogP contribution in [0.3, 0.4) is 0 Å². The van der Waals surface area contributed by atoms with Gasteiger partial charge >= 0.3 is 0 Å². The molecule has 1 aromatic carbocycles. The number of fused-ring (bicyclic) bond motifs is 3. The largest absolute Gasteiger partial charge is 0.343 e. The lowest BCUT2D eigenvalue weighted by molar-refractivity contribution is 0.682. The zero-order valence-corrected chi connectivity index (χ0v) is 10.6. The van der Waals surface area contributed by atoms with Gasteiger partial charge in [0.2, 0.25) is 0 Å². The molecule has 4 rings (SSSR count). The highest BCUT2D eigenvalue weighted by atomic mass is 32.2. The van der Waals surface area contributed by atoms with Gasteiger partial charge in [-0.3, -0.25) is 0 Å². The van der Waals surface area contributed by atoms with Crippen molar-refractivity contribution in [2.45, 2.75) is 24.3 Å². The van der Waals surface area contributed by atoms with E-state index >= 15 is 0 Å². The molecule has 1 aromatic heterocycles. The van der Waals surface area contributed by atoms with Crippen molar-refractivity contribution in [1.82, 2.24) is 9.88 Å². The van der Waals surface area contributed by atoms with Gasteiger partial charge in [-0.25, -0.2) is 0 Å². The highest BCUT2D eigenvalue weighted by Gasteiger charge is 2.22. The third-order valence-electron chi connectivity index (χ3n) is 3.93. The molecule has 2 nitrogen and oxygen atoms in total. The van der Waals surface area contributed by atoms with Crippen LogP contribution < -0.4 is 5.32 Å². The molecule has 2 aromatic rings. The van der Waals surface area contributed by atoms with Crippen LogP contribution in [0.1, 0.15) is 11.3 Å². The Kier molecular flexibility index (Phi) is 2.24. The molecule has 0 atom stereocenters. The summed E-state index contributed by atoms with van der Waals surface area (Å²) in [4.78, 5) is 1.48. The van der Waals surface area contributed by atoms with Crippen molar-refractivity contribution in [2.75, 3.05) is 18.8 Å². The molecule has 0 spiro atoms. The van der Waals surface area contributed by atoms with Gasteiger partial charge in [0.1, 0.15) is 0 Å². The van der Waals surface area contributed by atoms with E-state index in [4.69, 9.17) is 0 Å². The highest BCUT2D eigenvalue weighted by Crippen LogP contribution is 2.38. The molecule has 3 heterocycles. The fraction of sp³-hybridized carbons (Fsp3) is 0.429. The summed E-state index contributed by atoms with van der Waals surface area (Å²) in [5, 5.41) is 5.02. The van der Waals surface area contributed by atoms with E-state index in [9.17, 15) is 0 Å². The SMILES string of the molecule is c1cc2c3c(c1)c1c(n3CCS2)CCNCC1. The van der Waals surface area contributed by atoms with Crippen molar-refractivity contribution in [3.63, 3.8) is 0 Å². The highest BCUT2D eigenvalue weighted by molar-refractivity contribution is 7.99. The predicted octanol–water partition coefficient (Wildman–Crippen LogP) is 2.44. The summed E-state index contributed by atoms with van der Waals surface area (Å²) < 4.78 is 2.59. The van der Waals surface area contributed by atoms with Crippen molar-refractivity contribution >= 4 is 22.7 Å².